The predicted molar refractivity (Wildman–Crippen MR) is 97.4 cm³/mol. The van der Waals surface area contributed by atoms with Crippen LogP contribution in [0.25, 0.3) is 0 Å². The molecule has 0 bridgehead atoms. The number of carbonyl (C=O) groups excluding carboxylic acids is 1. The first-order valence-electron chi connectivity index (χ1n) is 6.40. The molecule has 0 unspecified atom stereocenters. The number of nitrogens with one attached hydrogen (secondary N) is 2. The summed E-state index contributed by atoms with van der Waals surface area (Å²) in [5, 5.41) is 7.17. The number of hydrogen-bond donors (Lipinski definition) is 4. The van der Waals surface area contributed by atoms with Gasteiger partial charge in [0.15, 0.2) is 5.11 Å². The summed E-state index contributed by atoms with van der Waals surface area (Å²) >= 11 is 6.33. The molecule has 8 nitrogen and oxygen atoms in total. The third-order valence-electron chi connectivity index (χ3n) is 2.61. The average Bonchev–Trinajstić information content (AvgIpc) is 3.00. The van der Waals surface area contributed by atoms with Gasteiger partial charge in [-0.1, -0.05) is 6.07 Å². The van der Waals surface area contributed by atoms with E-state index in [0.29, 0.717) is 10.6 Å². The van der Waals surface area contributed by atoms with Crippen LogP contribution in [0.1, 0.15) is 9.67 Å². The molecule has 1 heterocycles. The third kappa shape index (κ3) is 4.75. The second-order valence-electron chi connectivity index (χ2n) is 4.40. The molecule has 1 amide bonds. The molecular formula is C13H13N5O3S3. The van der Waals surface area contributed by atoms with E-state index in [4.69, 9.17) is 23.7 Å². The molecule has 0 aliphatic rings. The van der Waals surface area contributed by atoms with Crippen molar-refractivity contribution >= 4 is 56.2 Å². The van der Waals surface area contributed by atoms with Crippen molar-refractivity contribution in [1.29, 1.82) is 0 Å². The lowest BCUT2D eigenvalue weighted by Crippen LogP contribution is -2.33. The molecule has 0 aliphatic heterocycles. The Labute approximate surface area is 147 Å². The lowest BCUT2D eigenvalue weighted by atomic mass is 10.3. The fraction of sp³-hybridized carbons (Fsp3) is 0. The van der Waals surface area contributed by atoms with Gasteiger partial charge in [-0.25, -0.2) is 0 Å². The number of nitrogens with two attached hydrogens (primary N) is 2. The number of hydrogen-bond acceptors (Lipinski definition) is 5. The van der Waals surface area contributed by atoms with E-state index in [1.165, 1.54) is 35.6 Å². The van der Waals surface area contributed by atoms with Crippen LogP contribution in [0, 0.1) is 0 Å². The lowest BCUT2D eigenvalue weighted by molar-refractivity contribution is 0.0981. The van der Waals surface area contributed by atoms with Gasteiger partial charge in [-0.3, -0.25) is 10.1 Å². The van der Waals surface area contributed by atoms with Gasteiger partial charge in [0.25, 0.3) is 15.9 Å². The molecule has 6 N–H and O–H groups in total. The molecule has 2 aromatic rings. The van der Waals surface area contributed by atoms with Crippen LogP contribution in [0.4, 0.5) is 5.69 Å². The van der Waals surface area contributed by atoms with E-state index in [1.807, 2.05) is 0 Å². The lowest BCUT2D eigenvalue weighted by Gasteiger charge is -2.09. The normalized spacial score (nSPS) is 10.7. The summed E-state index contributed by atoms with van der Waals surface area (Å²) in [6.07, 6.45) is 0. The fourth-order valence-electron chi connectivity index (χ4n) is 1.64. The van der Waals surface area contributed by atoms with Crippen molar-refractivity contribution in [2.75, 3.05) is 5.32 Å². The summed E-state index contributed by atoms with van der Waals surface area (Å²) in [7, 11) is -3.94. The van der Waals surface area contributed by atoms with Gasteiger partial charge in [0.1, 0.15) is 0 Å². The molecule has 0 aliphatic carbocycles. The van der Waals surface area contributed by atoms with Crippen LogP contribution < -0.4 is 22.1 Å². The van der Waals surface area contributed by atoms with E-state index in [-0.39, 0.29) is 15.9 Å². The SMILES string of the molecule is NC(N)=NS(=O)(=O)c1ccc(NC(=S)NC(=O)c2cccs2)cc1. The second-order valence-corrected chi connectivity index (χ2v) is 7.36. The van der Waals surface area contributed by atoms with E-state index < -0.39 is 16.0 Å². The Bertz CT molecular complexity index is 870. The quantitative estimate of drug-likeness (QED) is 0.348. The molecule has 1 aromatic carbocycles. The summed E-state index contributed by atoms with van der Waals surface area (Å²) in [6, 6.07) is 9.00. The number of benzene rings is 1. The Morgan fingerprint density at radius 1 is 1.17 bits per heavy atom. The number of carbonyl (C=O) groups is 1. The van der Waals surface area contributed by atoms with Gasteiger partial charge in [-0.05, 0) is 47.9 Å². The van der Waals surface area contributed by atoms with E-state index in [0.717, 1.165) is 0 Å². The minimum atomic E-state index is -3.94. The van der Waals surface area contributed by atoms with Crippen molar-refractivity contribution in [2.24, 2.45) is 15.9 Å². The molecule has 0 radical (unpaired) electrons. The maximum atomic E-state index is 11.8. The third-order valence-corrected chi connectivity index (χ3v) is 5.00. The van der Waals surface area contributed by atoms with Crippen LogP contribution in [-0.2, 0) is 10.0 Å². The van der Waals surface area contributed by atoms with Crippen LogP contribution in [0.3, 0.4) is 0 Å². The zero-order chi connectivity index (χ0) is 17.7. The molecule has 0 fully saturated rings. The van der Waals surface area contributed by atoms with Gasteiger partial charge in [0.2, 0.25) is 5.96 Å². The molecule has 11 heteroatoms. The van der Waals surface area contributed by atoms with Crippen molar-refractivity contribution in [1.82, 2.24) is 5.32 Å². The summed E-state index contributed by atoms with van der Waals surface area (Å²) < 4.78 is 26.8. The van der Waals surface area contributed by atoms with Crippen molar-refractivity contribution in [2.45, 2.75) is 4.90 Å². The number of thiocarbonyl (C=S) groups is 1. The van der Waals surface area contributed by atoms with Gasteiger partial charge in [0, 0.05) is 5.69 Å². The van der Waals surface area contributed by atoms with Gasteiger partial charge in [-0.2, -0.15) is 8.42 Å². The number of nitrogens with zero attached hydrogens (tertiary/aromatic N) is 1. The van der Waals surface area contributed by atoms with E-state index in [9.17, 15) is 13.2 Å². The van der Waals surface area contributed by atoms with Gasteiger partial charge < -0.3 is 16.8 Å². The number of thiophene rings is 1. The van der Waals surface area contributed by atoms with Crippen molar-refractivity contribution in [3.8, 4) is 0 Å². The zero-order valence-electron chi connectivity index (χ0n) is 12.1. The minimum Gasteiger partial charge on any atom is -0.369 e. The number of guanidine groups is 1. The highest BCUT2D eigenvalue weighted by Gasteiger charge is 2.13. The van der Waals surface area contributed by atoms with E-state index >= 15 is 0 Å². The minimum absolute atomic E-state index is 0.0741. The van der Waals surface area contributed by atoms with Crippen LogP contribution in [0.2, 0.25) is 0 Å². The first kappa shape index (κ1) is 17.8. The molecule has 1 aromatic heterocycles. The average molecular weight is 383 g/mol. The van der Waals surface area contributed by atoms with Crippen LogP contribution in [0.15, 0.2) is 51.1 Å². The molecule has 0 spiro atoms. The highest BCUT2D eigenvalue weighted by Crippen LogP contribution is 2.16. The number of sulfonamides is 1. The Hall–Kier alpha value is -2.50. The maximum Gasteiger partial charge on any atom is 0.285 e. The first-order chi connectivity index (χ1) is 11.3. The monoisotopic (exact) mass is 383 g/mol. The molecule has 0 saturated heterocycles. The number of amides is 1. The highest BCUT2D eigenvalue weighted by atomic mass is 32.2. The summed E-state index contributed by atoms with van der Waals surface area (Å²) in [5.41, 5.74) is 10.7. The fourth-order valence-corrected chi connectivity index (χ4v) is 3.33. The van der Waals surface area contributed by atoms with E-state index in [1.54, 1.807) is 17.5 Å². The Morgan fingerprint density at radius 2 is 1.83 bits per heavy atom. The number of anilines is 1. The molecule has 2 rings (SSSR count). The molecule has 126 valence electrons. The number of rotatable bonds is 4. The molecule has 24 heavy (non-hydrogen) atoms. The van der Waals surface area contributed by atoms with Crippen LogP contribution >= 0.6 is 23.6 Å². The van der Waals surface area contributed by atoms with Crippen molar-refractivity contribution in [3.05, 3.63) is 46.7 Å². The van der Waals surface area contributed by atoms with E-state index in [2.05, 4.69) is 15.0 Å². The van der Waals surface area contributed by atoms with Crippen molar-refractivity contribution < 1.29 is 13.2 Å². The van der Waals surface area contributed by atoms with Gasteiger partial charge in [-0.15, -0.1) is 15.7 Å². The Balaban J connectivity index is 2.03. The van der Waals surface area contributed by atoms with Crippen molar-refractivity contribution in [3.63, 3.8) is 0 Å². The topological polar surface area (TPSA) is 140 Å². The Morgan fingerprint density at radius 3 is 2.38 bits per heavy atom. The second kappa shape index (κ2) is 7.38. The van der Waals surface area contributed by atoms with Crippen LogP contribution in [0.5, 0.6) is 0 Å². The first-order valence-corrected chi connectivity index (χ1v) is 9.12. The zero-order valence-corrected chi connectivity index (χ0v) is 14.5. The highest BCUT2D eigenvalue weighted by molar-refractivity contribution is 7.90. The Kier molecular flexibility index (Phi) is 5.49. The van der Waals surface area contributed by atoms with Crippen LogP contribution in [-0.4, -0.2) is 25.4 Å². The smallest absolute Gasteiger partial charge is 0.285 e. The molecular weight excluding hydrogens is 370 g/mol. The largest absolute Gasteiger partial charge is 0.369 e. The predicted octanol–water partition coefficient (Wildman–Crippen LogP) is 0.837. The summed E-state index contributed by atoms with van der Waals surface area (Å²) in [5.74, 6) is -0.871. The standard InChI is InChI=1S/C13H13N5O3S3/c14-12(15)18-24(20,21)9-5-3-8(4-6-9)16-13(22)17-11(19)10-2-1-7-23-10/h1-7H,(H4,14,15,18)(H2,16,17,19,22). The summed E-state index contributed by atoms with van der Waals surface area (Å²) in [4.78, 5) is 12.3. The summed E-state index contributed by atoms with van der Waals surface area (Å²) in [6.45, 7) is 0. The molecule has 0 atom stereocenters. The maximum absolute atomic E-state index is 11.8. The molecule has 0 saturated carbocycles. The van der Waals surface area contributed by atoms with Gasteiger partial charge >= 0.3 is 0 Å². The van der Waals surface area contributed by atoms with Gasteiger partial charge in [0.05, 0.1) is 9.77 Å².